The van der Waals surface area contributed by atoms with E-state index in [4.69, 9.17) is 0 Å². The van der Waals surface area contributed by atoms with E-state index in [0.717, 1.165) is 16.6 Å². The van der Waals surface area contributed by atoms with Crippen molar-refractivity contribution in [1.29, 1.82) is 0 Å². The second-order valence-electron chi connectivity index (χ2n) is 4.13. The second kappa shape index (κ2) is 6.31. The molecule has 0 atom stereocenters. The van der Waals surface area contributed by atoms with Crippen LogP contribution in [0.2, 0.25) is 0 Å². The lowest BCUT2D eigenvalue weighted by Gasteiger charge is -2.12. The van der Waals surface area contributed by atoms with Crippen molar-refractivity contribution in [1.82, 2.24) is 4.98 Å². The predicted molar refractivity (Wildman–Crippen MR) is 78.4 cm³/mol. The molecular weight excluding hydrogens is 420 g/mol. The third-order valence-electron chi connectivity index (χ3n) is 2.62. The molecule has 0 spiro atoms. The summed E-state index contributed by atoms with van der Waals surface area (Å²) in [6, 6.07) is 3.97. The van der Waals surface area contributed by atoms with Crippen LogP contribution in [0.5, 0.6) is 0 Å². The number of pyridine rings is 1. The van der Waals surface area contributed by atoms with Crippen LogP contribution in [0.1, 0.15) is 11.3 Å². The topological polar surface area (TPSA) is 24.9 Å². The molecule has 0 saturated heterocycles. The zero-order valence-electron chi connectivity index (χ0n) is 10.3. The number of aromatic nitrogens is 1. The van der Waals surface area contributed by atoms with Crippen molar-refractivity contribution in [2.75, 3.05) is 5.32 Å². The van der Waals surface area contributed by atoms with Crippen LogP contribution in [0, 0.1) is 5.82 Å². The third kappa shape index (κ3) is 4.16. The molecule has 2 nitrogen and oxygen atoms in total. The first kappa shape index (κ1) is 16.2. The van der Waals surface area contributed by atoms with Gasteiger partial charge in [0.1, 0.15) is 5.82 Å². The lowest BCUT2D eigenvalue weighted by molar-refractivity contribution is -0.137. The summed E-state index contributed by atoms with van der Waals surface area (Å²) in [7, 11) is 0. The van der Waals surface area contributed by atoms with Crippen LogP contribution < -0.4 is 5.32 Å². The minimum atomic E-state index is -4.51. The van der Waals surface area contributed by atoms with Gasteiger partial charge in [-0.05, 0) is 56.1 Å². The number of hydrogen-bond acceptors (Lipinski definition) is 2. The highest BCUT2D eigenvalue weighted by atomic mass is 79.9. The Morgan fingerprint density at radius 1 is 1.14 bits per heavy atom. The molecule has 1 N–H and O–H groups in total. The summed E-state index contributed by atoms with van der Waals surface area (Å²) >= 11 is 6.52. The van der Waals surface area contributed by atoms with Crippen LogP contribution in [0.15, 0.2) is 39.4 Å². The average Bonchev–Trinajstić information content (AvgIpc) is 2.38. The van der Waals surface area contributed by atoms with Gasteiger partial charge in [-0.1, -0.05) is 0 Å². The number of anilines is 1. The number of halogens is 6. The Morgan fingerprint density at radius 2 is 1.86 bits per heavy atom. The lowest BCUT2D eigenvalue weighted by atomic mass is 10.2. The Kier molecular flexibility index (Phi) is 4.88. The fourth-order valence-electron chi connectivity index (χ4n) is 1.59. The SMILES string of the molecule is Fc1ccc(C(F)(F)F)cc1NCc1ncc(Br)cc1Br. The minimum absolute atomic E-state index is 0.0894. The maximum absolute atomic E-state index is 13.6. The maximum atomic E-state index is 13.6. The third-order valence-corrected chi connectivity index (χ3v) is 3.74. The van der Waals surface area contributed by atoms with E-state index in [0.29, 0.717) is 16.2 Å². The molecule has 0 unspecified atom stereocenters. The molecule has 1 heterocycles. The Labute approximate surface area is 134 Å². The summed E-state index contributed by atoms with van der Waals surface area (Å²) in [5.74, 6) is -0.753. The first-order valence-electron chi connectivity index (χ1n) is 5.68. The molecule has 2 rings (SSSR count). The van der Waals surface area contributed by atoms with Crippen LogP contribution in [0.25, 0.3) is 0 Å². The van der Waals surface area contributed by atoms with Crippen molar-refractivity contribution in [3.63, 3.8) is 0 Å². The van der Waals surface area contributed by atoms with Crippen LogP contribution in [0.4, 0.5) is 23.2 Å². The van der Waals surface area contributed by atoms with E-state index in [1.54, 1.807) is 12.3 Å². The highest BCUT2D eigenvalue weighted by Gasteiger charge is 2.31. The molecule has 0 aliphatic rings. The summed E-state index contributed by atoms with van der Waals surface area (Å²) in [6.07, 6.45) is -2.97. The van der Waals surface area contributed by atoms with E-state index in [1.807, 2.05) is 0 Å². The highest BCUT2D eigenvalue weighted by molar-refractivity contribution is 9.11. The van der Waals surface area contributed by atoms with E-state index < -0.39 is 17.6 Å². The van der Waals surface area contributed by atoms with E-state index in [1.165, 1.54) is 0 Å². The van der Waals surface area contributed by atoms with E-state index in [2.05, 4.69) is 42.2 Å². The van der Waals surface area contributed by atoms with Gasteiger partial charge >= 0.3 is 6.18 Å². The minimum Gasteiger partial charge on any atom is -0.377 e. The quantitative estimate of drug-likeness (QED) is 0.665. The summed E-state index contributed by atoms with van der Waals surface area (Å²) in [5, 5.41) is 2.62. The normalized spacial score (nSPS) is 11.5. The molecule has 112 valence electrons. The largest absolute Gasteiger partial charge is 0.416 e. The summed E-state index contributed by atoms with van der Waals surface area (Å²) in [6.45, 7) is 0.0894. The number of hydrogen-bond donors (Lipinski definition) is 1. The molecule has 0 saturated carbocycles. The van der Waals surface area contributed by atoms with Gasteiger partial charge in [-0.2, -0.15) is 13.2 Å². The van der Waals surface area contributed by atoms with Gasteiger partial charge in [-0.25, -0.2) is 4.39 Å². The molecule has 0 aliphatic carbocycles. The van der Waals surface area contributed by atoms with E-state index in [-0.39, 0.29) is 12.2 Å². The Balaban J connectivity index is 2.19. The first-order chi connectivity index (χ1) is 9.77. The van der Waals surface area contributed by atoms with Gasteiger partial charge in [0.25, 0.3) is 0 Å². The number of rotatable bonds is 3. The molecule has 0 amide bonds. The molecule has 0 fully saturated rings. The van der Waals surface area contributed by atoms with Gasteiger partial charge in [0.05, 0.1) is 23.5 Å². The monoisotopic (exact) mass is 426 g/mol. The highest BCUT2D eigenvalue weighted by Crippen LogP contribution is 2.32. The van der Waals surface area contributed by atoms with E-state index in [9.17, 15) is 17.6 Å². The lowest BCUT2D eigenvalue weighted by Crippen LogP contribution is -2.08. The molecule has 1 aromatic heterocycles. The average molecular weight is 428 g/mol. The van der Waals surface area contributed by atoms with Crippen LogP contribution in [-0.4, -0.2) is 4.98 Å². The van der Waals surface area contributed by atoms with Crippen molar-refractivity contribution < 1.29 is 17.6 Å². The Hall–Kier alpha value is -1.15. The molecule has 8 heteroatoms. The molecule has 0 aliphatic heterocycles. The van der Waals surface area contributed by atoms with E-state index >= 15 is 0 Å². The molecule has 1 aromatic carbocycles. The molecule has 21 heavy (non-hydrogen) atoms. The fourth-order valence-corrected chi connectivity index (χ4v) is 2.72. The molecule has 0 radical (unpaired) electrons. The van der Waals surface area contributed by atoms with Crippen LogP contribution >= 0.6 is 31.9 Å². The summed E-state index contributed by atoms with van der Waals surface area (Å²) in [5.41, 5.74) is -0.578. The number of nitrogens with zero attached hydrogens (tertiary/aromatic N) is 1. The van der Waals surface area contributed by atoms with Gasteiger partial charge < -0.3 is 5.32 Å². The smallest absolute Gasteiger partial charge is 0.377 e. The van der Waals surface area contributed by atoms with Crippen molar-refractivity contribution in [3.8, 4) is 0 Å². The summed E-state index contributed by atoms with van der Waals surface area (Å²) in [4.78, 5) is 4.09. The Morgan fingerprint density at radius 3 is 2.48 bits per heavy atom. The van der Waals surface area contributed by atoms with Crippen molar-refractivity contribution >= 4 is 37.5 Å². The number of alkyl halides is 3. The second-order valence-corrected chi connectivity index (χ2v) is 5.90. The number of benzene rings is 1. The van der Waals surface area contributed by atoms with Gasteiger partial charge in [-0.3, -0.25) is 4.98 Å². The Bertz CT molecular complexity index is 659. The van der Waals surface area contributed by atoms with Gasteiger partial charge in [0.2, 0.25) is 0 Å². The predicted octanol–water partition coefficient (Wildman–Crippen LogP) is 5.38. The zero-order chi connectivity index (χ0) is 15.6. The molecule has 0 bridgehead atoms. The van der Waals surface area contributed by atoms with Gasteiger partial charge in [-0.15, -0.1) is 0 Å². The summed E-state index contributed by atoms with van der Waals surface area (Å²) < 4.78 is 52.8. The van der Waals surface area contributed by atoms with Gasteiger partial charge in [0.15, 0.2) is 0 Å². The van der Waals surface area contributed by atoms with Crippen molar-refractivity contribution in [2.45, 2.75) is 12.7 Å². The fraction of sp³-hybridized carbons (Fsp3) is 0.154. The van der Waals surface area contributed by atoms with Crippen molar-refractivity contribution in [2.24, 2.45) is 0 Å². The van der Waals surface area contributed by atoms with Crippen LogP contribution in [-0.2, 0) is 12.7 Å². The maximum Gasteiger partial charge on any atom is 0.416 e. The standard InChI is InChI=1S/C13H8Br2F4N2/c14-8-4-9(15)12(20-5-8)6-21-11-3-7(13(17,18)19)1-2-10(11)16/h1-5,21H,6H2. The number of nitrogens with one attached hydrogen (secondary N) is 1. The molecule has 2 aromatic rings. The van der Waals surface area contributed by atoms with Gasteiger partial charge in [0, 0.05) is 15.1 Å². The zero-order valence-corrected chi connectivity index (χ0v) is 13.5. The first-order valence-corrected chi connectivity index (χ1v) is 7.26. The van der Waals surface area contributed by atoms with Crippen molar-refractivity contribution in [3.05, 3.63) is 56.5 Å². The van der Waals surface area contributed by atoms with Crippen LogP contribution in [0.3, 0.4) is 0 Å². The molecular formula is C13H8Br2F4N2.